The van der Waals surface area contributed by atoms with Crippen LogP contribution in [0.25, 0.3) is 0 Å². The van der Waals surface area contributed by atoms with Crippen LogP contribution in [-0.2, 0) is 4.74 Å². The van der Waals surface area contributed by atoms with E-state index in [1.165, 1.54) is 0 Å². The Bertz CT molecular complexity index is 239. The second kappa shape index (κ2) is 4.56. The zero-order valence-electron chi connectivity index (χ0n) is 7.08. The van der Waals surface area contributed by atoms with Crippen molar-refractivity contribution >= 4 is 11.5 Å². The van der Waals surface area contributed by atoms with Crippen molar-refractivity contribution in [1.82, 2.24) is 4.98 Å². The number of nitrogens with zero attached hydrogens (tertiary/aromatic N) is 1. The Morgan fingerprint density at radius 1 is 1.67 bits per heavy atom. The Morgan fingerprint density at radius 3 is 3.17 bits per heavy atom. The number of hydrogen-bond donors (Lipinski definition) is 2. The molecule has 66 valence electrons. The molecule has 0 aliphatic heterocycles. The van der Waals surface area contributed by atoms with Gasteiger partial charge in [-0.05, 0) is 6.07 Å². The van der Waals surface area contributed by atoms with Gasteiger partial charge in [0.15, 0.2) is 0 Å². The summed E-state index contributed by atoms with van der Waals surface area (Å²) in [5, 5.41) is 3.07. The van der Waals surface area contributed by atoms with Gasteiger partial charge in [-0.2, -0.15) is 0 Å². The second-order valence-corrected chi connectivity index (χ2v) is 2.39. The van der Waals surface area contributed by atoms with E-state index in [0.717, 1.165) is 12.4 Å². The van der Waals surface area contributed by atoms with E-state index in [-0.39, 0.29) is 0 Å². The number of nitrogens with two attached hydrogens (primary N) is 1. The van der Waals surface area contributed by atoms with Gasteiger partial charge >= 0.3 is 0 Å². The number of nitrogens with one attached hydrogen (secondary N) is 1. The summed E-state index contributed by atoms with van der Waals surface area (Å²) >= 11 is 0. The highest BCUT2D eigenvalue weighted by Crippen LogP contribution is 2.06. The van der Waals surface area contributed by atoms with E-state index in [9.17, 15) is 0 Å². The first-order valence-corrected chi connectivity index (χ1v) is 3.77. The Hall–Kier alpha value is -1.29. The molecule has 0 aliphatic rings. The van der Waals surface area contributed by atoms with Crippen LogP contribution in [-0.4, -0.2) is 25.2 Å². The summed E-state index contributed by atoms with van der Waals surface area (Å²) in [5.74, 6) is 0.784. The van der Waals surface area contributed by atoms with Gasteiger partial charge in [0.25, 0.3) is 0 Å². The van der Waals surface area contributed by atoms with Crippen molar-refractivity contribution in [3.8, 4) is 0 Å². The SMILES string of the molecule is COCCNc1cc(N)ccn1. The summed E-state index contributed by atoms with van der Waals surface area (Å²) in [6, 6.07) is 3.54. The molecule has 1 aromatic heterocycles. The van der Waals surface area contributed by atoms with E-state index < -0.39 is 0 Å². The summed E-state index contributed by atoms with van der Waals surface area (Å²) < 4.78 is 4.87. The first kappa shape index (κ1) is 8.80. The molecule has 0 aliphatic carbocycles. The third-order valence-electron chi connectivity index (χ3n) is 1.40. The molecule has 12 heavy (non-hydrogen) atoms. The third kappa shape index (κ3) is 2.75. The van der Waals surface area contributed by atoms with Crippen molar-refractivity contribution in [2.45, 2.75) is 0 Å². The van der Waals surface area contributed by atoms with Crippen LogP contribution in [0.5, 0.6) is 0 Å². The van der Waals surface area contributed by atoms with Crippen molar-refractivity contribution < 1.29 is 4.74 Å². The molecule has 0 saturated carbocycles. The van der Waals surface area contributed by atoms with Gasteiger partial charge in [0.2, 0.25) is 0 Å². The third-order valence-corrected chi connectivity index (χ3v) is 1.40. The summed E-state index contributed by atoms with van der Waals surface area (Å²) in [6.07, 6.45) is 1.67. The van der Waals surface area contributed by atoms with Crippen molar-refractivity contribution in [2.24, 2.45) is 0 Å². The normalized spacial score (nSPS) is 9.75. The van der Waals surface area contributed by atoms with Crippen LogP contribution >= 0.6 is 0 Å². The van der Waals surface area contributed by atoms with E-state index in [1.54, 1.807) is 25.4 Å². The molecule has 0 radical (unpaired) electrons. The number of nitrogen functional groups attached to an aromatic ring is 1. The number of pyridine rings is 1. The molecular formula is C8H13N3O. The Kier molecular flexibility index (Phi) is 3.35. The lowest BCUT2D eigenvalue weighted by Gasteiger charge is -2.04. The van der Waals surface area contributed by atoms with E-state index in [0.29, 0.717) is 12.3 Å². The molecule has 0 aromatic carbocycles. The molecule has 1 rings (SSSR count). The maximum atomic E-state index is 5.55. The molecule has 0 atom stereocenters. The maximum absolute atomic E-state index is 5.55. The summed E-state index contributed by atoms with van der Waals surface area (Å²) in [7, 11) is 1.66. The average Bonchev–Trinajstić information content (AvgIpc) is 2.05. The molecule has 0 amide bonds. The number of anilines is 2. The van der Waals surface area contributed by atoms with Crippen LogP contribution in [0.3, 0.4) is 0 Å². The Balaban J connectivity index is 2.41. The summed E-state index contributed by atoms with van der Waals surface area (Å²) in [4.78, 5) is 4.06. The number of rotatable bonds is 4. The minimum atomic E-state index is 0.663. The van der Waals surface area contributed by atoms with Crippen LogP contribution in [0, 0.1) is 0 Å². The van der Waals surface area contributed by atoms with Crippen LogP contribution in [0.4, 0.5) is 11.5 Å². The number of ether oxygens (including phenoxy) is 1. The highest BCUT2D eigenvalue weighted by atomic mass is 16.5. The lowest BCUT2D eigenvalue weighted by atomic mass is 10.4. The minimum absolute atomic E-state index is 0.663. The predicted molar refractivity (Wildman–Crippen MR) is 49.0 cm³/mol. The van der Waals surface area contributed by atoms with E-state index in [2.05, 4.69) is 10.3 Å². The molecule has 4 nitrogen and oxygen atoms in total. The number of aromatic nitrogens is 1. The fourth-order valence-electron chi connectivity index (χ4n) is 0.825. The first-order chi connectivity index (χ1) is 5.83. The van der Waals surface area contributed by atoms with E-state index in [4.69, 9.17) is 10.5 Å². The van der Waals surface area contributed by atoms with Gasteiger partial charge in [-0.1, -0.05) is 0 Å². The quantitative estimate of drug-likeness (QED) is 0.649. The number of methoxy groups -OCH3 is 1. The second-order valence-electron chi connectivity index (χ2n) is 2.39. The van der Waals surface area contributed by atoms with E-state index in [1.807, 2.05) is 0 Å². The van der Waals surface area contributed by atoms with Crippen molar-refractivity contribution in [1.29, 1.82) is 0 Å². The average molecular weight is 167 g/mol. The standard InChI is InChI=1S/C8H13N3O/c1-12-5-4-11-8-6-7(9)2-3-10-8/h2-3,6H,4-5H2,1H3,(H3,9,10,11). The molecule has 1 heterocycles. The van der Waals surface area contributed by atoms with Gasteiger partial charge < -0.3 is 15.8 Å². The van der Waals surface area contributed by atoms with Crippen LogP contribution < -0.4 is 11.1 Å². The largest absolute Gasteiger partial charge is 0.399 e. The number of hydrogen-bond acceptors (Lipinski definition) is 4. The fourth-order valence-corrected chi connectivity index (χ4v) is 0.825. The van der Waals surface area contributed by atoms with Gasteiger partial charge in [0.1, 0.15) is 5.82 Å². The Labute approximate surface area is 71.7 Å². The van der Waals surface area contributed by atoms with Gasteiger partial charge in [0.05, 0.1) is 6.61 Å². The zero-order chi connectivity index (χ0) is 8.81. The summed E-state index contributed by atoms with van der Waals surface area (Å²) in [5.41, 5.74) is 6.26. The molecule has 1 aromatic rings. The van der Waals surface area contributed by atoms with Crippen molar-refractivity contribution in [3.05, 3.63) is 18.3 Å². The first-order valence-electron chi connectivity index (χ1n) is 3.77. The monoisotopic (exact) mass is 167 g/mol. The van der Waals surface area contributed by atoms with Gasteiger partial charge in [-0.25, -0.2) is 4.98 Å². The minimum Gasteiger partial charge on any atom is -0.399 e. The van der Waals surface area contributed by atoms with Crippen LogP contribution in [0.2, 0.25) is 0 Å². The van der Waals surface area contributed by atoms with Crippen LogP contribution in [0.15, 0.2) is 18.3 Å². The molecule has 4 heteroatoms. The smallest absolute Gasteiger partial charge is 0.128 e. The predicted octanol–water partition coefficient (Wildman–Crippen LogP) is 0.722. The molecule has 3 N–H and O–H groups in total. The molecule has 0 bridgehead atoms. The lowest BCUT2D eigenvalue weighted by Crippen LogP contribution is -2.08. The van der Waals surface area contributed by atoms with Crippen LogP contribution in [0.1, 0.15) is 0 Å². The molecule has 0 unspecified atom stereocenters. The fraction of sp³-hybridized carbons (Fsp3) is 0.375. The van der Waals surface area contributed by atoms with E-state index >= 15 is 0 Å². The summed E-state index contributed by atoms with van der Waals surface area (Å²) in [6.45, 7) is 1.41. The maximum Gasteiger partial charge on any atom is 0.128 e. The van der Waals surface area contributed by atoms with Gasteiger partial charge in [-0.3, -0.25) is 0 Å². The zero-order valence-corrected chi connectivity index (χ0v) is 7.08. The van der Waals surface area contributed by atoms with Crippen molar-refractivity contribution in [2.75, 3.05) is 31.3 Å². The molecule has 0 saturated heterocycles. The highest BCUT2D eigenvalue weighted by molar-refractivity contribution is 5.48. The highest BCUT2D eigenvalue weighted by Gasteiger charge is 1.91. The van der Waals surface area contributed by atoms with Crippen molar-refractivity contribution in [3.63, 3.8) is 0 Å². The lowest BCUT2D eigenvalue weighted by molar-refractivity contribution is 0.210. The van der Waals surface area contributed by atoms with Gasteiger partial charge in [0, 0.05) is 31.6 Å². The topological polar surface area (TPSA) is 60.2 Å². The Morgan fingerprint density at radius 2 is 2.50 bits per heavy atom. The molecule has 0 spiro atoms. The molecular weight excluding hydrogens is 154 g/mol. The molecule has 0 fully saturated rings. The van der Waals surface area contributed by atoms with Gasteiger partial charge in [-0.15, -0.1) is 0 Å².